The average molecular weight is 1600 g/mol. The third kappa shape index (κ3) is 11.7. The lowest BCUT2D eigenvalue weighted by Crippen LogP contribution is -2.52. The Morgan fingerprint density at radius 1 is 0.474 bits per heavy atom. The fourth-order valence-electron chi connectivity index (χ4n) is 15.8. The highest BCUT2D eigenvalue weighted by atomic mass is 19.1. The summed E-state index contributed by atoms with van der Waals surface area (Å²) in [7, 11) is 5.23. The lowest BCUT2D eigenvalue weighted by atomic mass is 9.87. The zero-order valence-corrected chi connectivity index (χ0v) is 61.3. The highest BCUT2D eigenvalue weighted by Crippen LogP contribution is 2.45. The number of carbonyl (C=O) groups is 13. The summed E-state index contributed by atoms with van der Waals surface area (Å²) >= 11 is 0. The number of aromatic nitrogens is 2. The number of carbonyl (C=O) groups excluding carboxylic acids is 13. The first-order valence-electron chi connectivity index (χ1n) is 35.2. The molecule has 1 unspecified atom stereocenters. The number of rotatable bonds is 15. The first kappa shape index (κ1) is 75.5. The number of amides is 14. The predicted molar refractivity (Wildman–Crippen MR) is 383 cm³/mol. The first-order chi connectivity index (χ1) is 55.2. The van der Waals surface area contributed by atoms with Gasteiger partial charge in [0.1, 0.15) is 62.4 Å². The number of hydrogen-bond donors (Lipinski definition) is 7. The summed E-state index contributed by atoms with van der Waals surface area (Å²) in [5.41, 5.74) is -7.77. The molecule has 0 spiro atoms. The zero-order valence-electron chi connectivity index (χ0n) is 61.3. The number of imide groups is 3. The van der Waals surface area contributed by atoms with Crippen molar-refractivity contribution >= 4 is 110 Å². The van der Waals surface area contributed by atoms with Gasteiger partial charge >= 0.3 is 18.1 Å². The van der Waals surface area contributed by atoms with Gasteiger partial charge in [0.05, 0.1) is 70.5 Å². The number of pyridine rings is 2. The Kier molecular flexibility index (Phi) is 17.7. The topological polar surface area (TPSA) is 412 Å². The van der Waals surface area contributed by atoms with E-state index < -0.39 is 159 Å². The normalized spacial score (nSPS) is 22.5. The van der Waals surface area contributed by atoms with E-state index >= 15 is 8.78 Å². The van der Waals surface area contributed by atoms with Crippen molar-refractivity contribution in [3.63, 3.8) is 0 Å². The maximum Gasteiger partial charge on any atom is 0.322 e. The fourth-order valence-corrected chi connectivity index (χ4v) is 15.8. The van der Waals surface area contributed by atoms with Gasteiger partial charge in [0.25, 0.3) is 35.4 Å². The number of ether oxygens (including phenoxy) is 3. The van der Waals surface area contributed by atoms with E-state index in [-0.39, 0.29) is 134 Å². The van der Waals surface area contributed by atoms with Crippen molar-refractivity contribution in [1.29, 1.82) is 0 Å². The number of methoxy groups -OCH3 is 3. The van der Waals surface area contributed by atoms with E-state index in [0.717, 1.165) is 18.2 Å². The summed E-state index contributed by atoms with van der Waals surface area (Å²) in [6, 6.07) is 19.6. The third-order valence-electron chi connectivity index (χ3n) is 22.0. The monoisotopic (exact) mass is 1600 g/mol. The molecule has 18 rings (SSSR count). The second kappa shape index (κ2) is 27.1. The Morgan fingerprint density at radius 2 is 0.888 bits per heavy atom. The van der Waals surface area contributed by atoms with Crippen LogP contribution in [0.25, 0.3) is 44.3 Å². The van der Waals surface area contributed by atoms with Crippen molar-refractivity contribution < 1.29 is 116 Å². The molecule has 0 aliphatic carbocycles. The Morgan fingerprint density at radius 3 is 1.27 bits per heavy atom. The molecule has 38 heteroatoms. The third-order valence-corrected chi connectivity index (χ3v) is 22.0. The fraction of sp³-hybridized carbons (Fsp3) is 0.244. The van der Waals surface area contributed by atoms with Crippen molar-refractivity contribution in [3.05, 3.63) is 206 Å². The second-order valence-corrected chi connectivity index (χ2v) is 28.7. The van der Waals surface area contributed by atoms with E-state index in [4.69, 9.17) is 27.5 Å². The number of urea groups is 3. The summed E-state index contributed by atoms with van der Waals surface area (Å²) in [4.78, 5) is 178. The summed E-state index contributed by atoms with van der Waals surface area (Å²) < 4.78 is 122. The van der Waals surface area contributed by atoms with Gasteiger partial charge < -0.3 is 68.3 Å². The number of Topliss-reactive ketones (excluding diaryl/α,β-unsaturated/α-hetero) is 2. The molecule has 7 N–H and O–H groups in total. The molecule has 5 aromatic heterocycles. The van der Waals surface area contributed by atoms with Crippen molar-refractivity contribution in [3.8, 4) is 28.5 Å². The molecule has 0 saturated carbocycles. The molecule has 5 fully saturated rings. The number of likely N-dealkylation sites (N-methyl/N-ethyl adjacent to an activating group) is 1. The molecule has 0 radical (unpaired) electrons. The Bertz CT molecular complexity index is 6150. The molecular formula is C78H59F6N13O19. The van der Waals surface area contributed by atoms with E-state index in [1.165, 1.54) is 129 Å². The summed E-state index contributed by atoms with van der Waals surface area (Å²) in [5.74, 6) is -12.0. The number of likely N-dealkylation sites (tertiary alicyclic amines) is 1. The van der Waals surface area contributed by atoms with E-state index in [1.807, 2.05) is 0 Å². The molecule has 32 nitrogen and oxygen atoms in total. The summed E-state index contributed by atoms with van der Waals surface area (Å²) in [5, 5.41) is 17.0. The van der Waals surface area contributed by atoms with Gasteiger partial charge in [-0.15, -0.1) is 0 Å². The smallest absolute Gasteiger partial charge is 0.322 e. The molecule has 8 aliphatic rings. The Balaban J connectivity index is 0.000000131. The number of furan rings is 3. The molecule has 14 amide bonds. The van der Waals surface area contributed by atoms with Crippen LogP contribution in [0.2, 0.25) is 0 Å². The van der Waals surface area contributed by atoms with Gasteiger partial charge in [-0.2, -0.15) is 0 Å². The lowest BCUT2D eigenvalue weighted by Gasteiger charge is -2.31. The highest BCUT2D eigenvalue weighted by molar-refractivity contribution is 6.14. The van der Waals surface area contributed by atoms with Crippen LogP contribution >= 0.6 is 0 Å². The standard InChI is InChI=1S/C27H22F2N4O7.C26H20F2N4O7.C25H17F2N5O5/c1-26(18(34)9-20(35)32(26)2)14-6-13-7-19(40-17(13)8-15(14)28)27(24(37)30-25(38)31-27)11-33-10-12-4-5-16(39-3)22(29)21(12)23(33)36;1-25(17(33)8-19(34)30-25)13-5-12-6-18(39-16(12)7-14(13)27)26(23(36)29-24(37)31-26)10-32-9-11-3-4-15(38-2)21(28)20(11)22(32)35;1-36-16-5-4-13-10-32(22(33)19(13)20(16)27)11-25(23(34)30-24(35)31-25)18-8-15-17(37-18)7-14(26)21(29-15)12-3-2-6-28-9-12/h4-8H,9-11H2,1-3H3,(H2,30,31,37,38);3-7H,8-10H2,1-2H3,(H,30,34)(H2,29,31,36,37);2-9H,10-11H2,1H3,(H2,30,31,34,35)/t26-,27+;25?,26-;25-/m100/s1. The largest absolute Gasteiger partial charge is 0.494 e. The molecule has 5 aromatic carbocycles. The molecule has 10 aromatic rings. The molecule has 5 atom stereocenters. The minimum absolute atomic E-state index is 0.000542. The molecule has 116 heavy (non-hydrogen) atoms. The molecule has 0 bridgehead atoms. The lowest BCUT2D eigenvalue weighted by molar-refractivity contribution is -0.130. The van der Waals surface area contributed by atoms with Crippen LogP contribution in [0.4, 0.5) is 40.7 Å². The zero-order chi connectivity index (χ0) is 82.5. The van der Waals surface area contributed by atoms with E-state index in [0.29, 0.717) is 22.3 Å². The van der Waals surface area contributed by atoms with Crippen molar-refractivity contribution in [2.45, 2.75) is 74.0 Å². The van der Waals surface area contributed by atoms with Crippen LogP contribution in [0.1, 0.15) is 103 Å². The van der Waals surface area contributed by atoms with Crippen LogP contribution in [-0.2, 0) is 80.9 Å². The predicted octanol–water partition coefficient (Wildman–Crippen LogP) is 6.64. The van der Waals surface area contributed by atoms with Crippen molar-refractivity contribution in [2.24, 2.45) is 0 Å². The Labute approximate surface area is 647 Å². The summed E-state index contributed by atoms with van der Waals surface area (Å²) in [6.45, 7) is 1.48. The maximum atomic E-state index is 15.3. The summed E-state index contributed by atoms with van der Waals surface area (Å²) in [6.07, 6.45) is 2.24. The molecule has 5 saturated heterocycles. The quantitative estimate of drug-likeness (QED) is 0.0321. The molecule has 8 aliphatic heterocycles. The van der Waals surface area contributed by atoms with Crippen molar-refractivity contribution in [1.82, 2.24) is 66.8 Å². The highest BCUT2D eigenvalue weighted by Gasteiger charge is 2.58. The molecular weight excluding hydrogens is 1540 g/mol. The van der Waals surface area contributed by atoms with Gasteiger partial charge in [-0.3, -0.25) is 68.9 Å². The number of hydrogen-bond acceptors (Lipinski definition) is 21. The van der Waals surface area contributed by atoms with Crippen LogP contribution in [0, 0.1) is 34.9 Å². The van der Waals surface area contributed by atoms with Crippen LogP contribution in [-0.4, -0.2) is 154 Å². The Hall–Kier alpha value is -14.5. The van der Waals surface area contributed by atoms with E-state index in [1.54, 1.807) is 24.4 Å². The number of halogens is 6. The minimum atomic E-state index is -1.93. The number of ketones is 2. The molecule has 13 heterocycles. The van der Waals surface area contributed by atoms with Crippen LogP contribution < -0.4 is 51.4 Å². The van der Waals surface area contributed by atoms with E-state index in [9.17, 15) is 79.9 Å². The van der Waals surface area contributed by atoms with Gasteiger partial charge in [-0.05, 0) is 85.1 Å². The first-order valence-corrected chi connectivity index (χ1v) is 35.2. The maximum absolute atomic E-state index is 15.3. The number of fused-ring (bicyclic) bond motifs is 6. The van der Waals surface area contributed by atoms with Gasteiger partial charge in [0.2, 0.25) is 11.8 Å². The van der Waals surface area contributed by atoms with Crippen molar-refractivity contribution in [2.75, 3.05) is 48.0 Å². The minimum Gasteiger partial charge on any atom is -0.494 e. The van der Waals surface area contributed by atoms with Gasteiger partial charge in [0.15, 0.2) is 74.3 Å². The van der Waals surface area contributed by atoms with Gasteiger partial charge in [-0.1, -0.05) is 18.2 Å². The van der Waals surface area contributed by atoms with Crippen LogP contribution in [0.5, 0.6) is 17.2 Å². The number of nitrogens with zero attached hydrogens (tertiary/aromatic N) is 6. The number of benzene rings is 5. The number of nitrogens with one attached hydrogen (secondary N) is 7. The van der Waals surface area contributed by atoms with Crippen LogP contribution in [0.3, 0.4) is 0 Å². The van der Waals surface area contributed by atoms with Gasteiger partial charge in [0, 0.05) is 90.8 Å². The van der Waals surface area contributed by atoms with E-state index in [2.05, 4.69) is 47.2 Å². The van der Waals surface area contributed by atoms with Gasteiger partial charge in [-0.25, -0.2) is 45.7 Å². The average Bonchev–Trinajstić information content (AvgIpc) is 1.58. The SMILES string of the molecule is COc1ccc2c(c1F)C(=O)N(C[C@@]1(c3cc4cc(C5(C)NC(=O)CC5=O)c(F)cc4o3)NC(=O)NC1=O)C2.COc1ccc2c(c1F)C(=O)N(C[C@@]1(c3cc4cc([C@]5(C)C(=O)CC(=O)N5C)c(F)cc4o3)NC(=O)NC1=O)C2.COc1ccc2c(c1F)C(=O)N(C[C@@]1(c3cc4nc(-c5cccnc5)c(F)cc4o3)NC(=O)NC1=O)C2. The molecule has 592 valence electrons. The second-order valence-electron chi connectivity index (χ2n) is 28.7. The van der Waals surface area contributed by atoms with Crippen LogP contribution in [0.15, 0.2) is 123 Å².